The van der Waals surface area contributed by atoms with Crippen LogP contribution in [-0.2, 0) is 0 Å². The maximum Gasteiger partial charge on any atom is 0.488 e. The molecule has 17 heavy (non-hydrogen) atoms. The van der Waals surface area contributed by atoms with Crippen LogP contribution < -0.4 is 10.4 Å². The van der Waals surface area contributed by atoms with E-state index < -0.39 is 12.9 Å². The Morgan fingerprint density at radius 3 is 2.35 bits per heavy atom. The quantitative estimate of drug-likeness (QED) is 0.666. The van der Waals surface area contributed by atoms with E-state index in [-0.39, 0.29) is 5.46 Å². The third-order valence-electron chi connectivity index (χ3n) is 3.07. The van der Waals surface area contributed by atoms with E-state index in [1.165, 1.54) is 6.07 Å². The van der Waals surface area contributed by atoms with E-state index in [1.807, 2.05) is 7.05 Å². The summed E-state index contributed by atoms with van der Waals surface area (Å²) in [5.41, 5.74) is 0.903. The van der Waals surface area contributed by atoms with E-state index in [4.69, 9.17) is 10.0 Å². The van der Waals surface area contributed by atoms with Crippen LogP contribution in [0, 0.1) is 5.82 Å². The van der Waals surface area contributed by atoms with Crippen LogP contribution in [0.2, 0.25) is 0 Å². The van der Waals surface area contributed by atoms with Gasteiger partial charge in [-0.25, -0.2) is 4.39 Å². The molecule has 0 spiro atoms. The van der Waals surface area contributed by atoms with Gasteiger partial charge in [0, 0.05) is 31.9 Å². The van der Waals surface area contributed by atoms with Crippen molar-refractivity contribution in [2.24, 2.45) is 0 Å². The van der Waals surface area contributed by atoms with Crippen molar-refractivity contribution in [2.45, 2.75) is 0 Å². The largest absolute Gasteiger partial charge is 0.488 e. The molecule has 2 N–H and O–H groups in total. The zero-order chi connectivity index (χ0) is 12.4. The van der Waals surface area contributed by atoms with Crippen LogP contribution in [0.1, 0.15) is 0 Å². The fraction of sp³-hybridized carbons (Fsp3) is 0.455. The number of piperazine rings is 1. The smallest absolute Gasteiger partial charge is 0.423 e. The molecule has 0 amide bonds. The van der Waals surface area contributed by atoms with E-state index in [0.717, 1.165) is 32.2 Å². The average Bonchev–Trinajstić information content (AvgIpc) is 2.29. The number of benzene rings is 1. The van der Waals surface area contributed by atoms with Crippen molar-refractivity contribution in [3.63, 3.8) is 0 Å². The number of likely N-dealkylation sites (N-methyl/N-ethyl adjacent to an activating group) is 1. The van der Waals surface area contributed by atoms with Gasteiger partial charge in [0.15, 0.2) is 0 Å². The van der Waals surface area contributed by atoms with Crippen LogP contribution in [0.25, 0.3) is 0 Å². The molecular weight excluding hydrogens is 222 g/mol. The Labute approximate surface area is 100 Å². The molecule has 4 nitrogen and oxygen atoms in total. The molecule has 2 rings (SSSR count). The lowest BCUT2D eigenvalue weighted by atomic mass is 9.80. The average molecular weight is 238 g/mol. The number of rotatable bonds is 2. The number of halogens is 1. The van der Waals surface area contributed by atoms with Crippen LogP contribution in [0.5, 0.6) is 0 Å². The zero-order valence-corrected chi connectivity index (χ0v) is 9.80. The minimum atomic E-state index is -1.63. The van der Waals surface area contributed by atoms with Crippen molar-refractivity contribution < 1.29 is 14.4 Å². The van der Waals surface area contributed by atoms with Crippen molar-refractivity contribution >= 4 is 18.3 Å². The summed E-state index contributed by atoms with van der Waals surface area (Å²) in [6, 6.07) is 4.19. The summed E-state index contributed by atoms with van der Waals surface area (Å²) < 4.78 is 13.4. The molecule has 0 saturated carbocycles. The van der Waals surface area contributed by atoms with Gasteiger partial charge in [0.1, 0.15) is 5.82 Å². The molecular formula is C11H16BFN2O2. The molecule has 0 aromatic heterocycles. The maximum absolute atomic E-state index is 13.4. The molecule has 1 saturated heterocycles. The van der Waals surface area contributed by atoms with Gasteiger partial charge in [0.25, 0.3) is 0 Å². The van der Waals surface area contributed by atoms with Crippen molar-refractivity contribution in [1.29, 1.82) is 0 Å². The van der Waals surface area contributed by atoms with Crippen molar-refractivity contribution in [3.05, 3.63) is 24.0 Å². The molecule has 1 aromatic rings. The first kappa shape index (κ1) is 12.4. The number of nitrogens with zero attached hydrogens (tertiary/aromatic N) is 2. The van der Waals surface area contributed by atoms with Crippen LogP contribution >= 0.6 is 0 Å². The SMILES string of the molecule is CN1CCN(c2cc(F)cc(B(O)O)c2)CC1. The second kappa shape index (κ2) is 5.04. The molecule has 1 aromatic carbocycles. The molecule has 1 aliphatic rings. The molecule has 6 heteroatoms. The Bertz CT molecular complexity index is 395. The van der Waals surface area contributed by atoms with Gasteiger partial charge in [0.05, 0.1) is 0 Å². The fourth-order valence-corrected chi connectivity index (χ4v) is 1.99. The fourth-order valence-electron chi connectivity index (χ4n) is 1.99. The lowest BCUT2D eigenvalue weighted by molar-refractivity contribution is 0.313. The lowest BCUT2D eigenvalue weighted by Crippen LogP contribution is -2.45. The van der Waals surface area contributed by atoms with Crippen molar-refractivity contribution in [3.8, 4) is 0 Å². The molecule has 1 aliphatic heterocycles. The standard InChI is InChI=1S/C11H16BFN2O2/c1-14-2-4-15(5-3-14)11-7-9(12(16)17)6-10(13)8-11/h6-8,16-17H,2-5H2,1H3. The van der Waals surface area contributed by atoms with E-state index in [0.29, 0.717) is 5.69 Å². The molecule has 1 heterocycles. The normalized spacial score (nSPS) is 17.3. The van der Waals surface area contributed by atoms with E-state index in [9.17, 15) is 4.39 Å². The Morgan fingerprint density at radius 1 is 1.12 bits per heavy atom. The highest BCUT2D eigenvalue weighted by Gasteiger charge is 2.18. The Morgan fingerprint density at radius 2 is 1.76 bits per heavy atom. The monoisotopic (exact) mass is 238 g/mol. The van der Waals surface area contributed by atoms with Crippen LogP contribution in [0.15, 0.2) is 18.2 Å². The van der Waals surface area contributed by atoms with E-state index in [2.05, 4.69) is 9.80 Å². The lowest BCUT2D eigenvalue weighted by Gasteiger charge is -2.34. The predicted octanol–water partition coefficient (Wildman–Crippen LogP) is -0.743. The van der Waals surface area contributed by atoms with Crippen molar-refractivity contribution in [1.82, 2.24) is 4.90 Å². The Hall–Kier alpha value is -1.11. The van der Waals surface area contributed by atoms with Crippen LogP contribution in [-0.4, -0.2) is 55.3 Å². The van der Waals surface area contributed by atoms with Gasteiger partial charge in [0.2, 0.25) is 0 Å². The minimum absolute atomic E-state index is 0.193. The topological polar surface area (TPSA) is 46.9 Å². The molecule has 92 valence electrons. The van der Waals surface area contributed by atoms with Gasteiger partial charge in [-0.05, 0) is 30.7 Å². The molecule has 0 atom stereocenters. The Kier molecular flexibility index (Phi) is 3.66. The summed E-state index contributed by atoms with van der Waals surface area (Å²) in [5.74, 6) is -0.440. The second-order valence-corrected chi connectivity index (χ2v) is 4.41. The molecule has 0 bridgehead atoms. The molecule has 0 radical (unpaired) electrons. The summed E-state index contributed by atoms with van der Waals surface area (Å²) in [4.78, 5) is 4.26. The summed E-state index contributed by atoms with van der Waals surface area (Å²) >= 11 is 0. The van der Waals surface area contributed by atoms with Gasteiger partial charge in [-0.2, -0.15) is 0 Å². The summed E-state index contributed by atoms with van der Waals surface area (Å²) in [6.45, 7) is 3.49. The molecule has 1 fully saturated rings. The highest BCUT2D eigenvalue weighted by atomic mass is 19.1. The third-order valence-corrected chi connectivity index (χ3v) is 3.07. The van der Waals surface area contributed by atoms with Crippen LogP contribution in [0.4, 0.5) is 10.1 Å². The molecule has 0 aliphatic carbocycles. The Balaban J connectivity index is 2.20. The molecule has 0 unspecified atom stereocenters. The van der Waals surface area contributed by atoms with E-state index >= 15 is 0 Å². The van der Waals surface area contributed by atoms with Crippen LogP contribution in [0.3, 0.4) is 0 Å². The predicted molar refractivity (Wildman–Crippen MR) is 65.9 cm³/mol. The first-order valence-corrected chi connectivity index (χ1v) is 5.66. The first-order chi connectivity index (χ1) is 8.06. The van der Waals surface area contributed by atoms with Gasteiger partial charge in [-0.15, -0.1) is 0 Å². The summed E-state index contributed by atoms with van der Waals surface area (Å²) in [6.07, 6.45) is 0. The van der Waals surface area contributed by atoms with Gasteiger partial charge < -0.3 is 19.8 Å². The van der Waals surface area contributed by atoms with Crippen molar-refractivity contribution in [2.75, 3.05) is 38.1 Å². The number of hydrogen-bond donors (Lipinski definition) is 2. The van der Waals surface area contributed by atoms with Gasteiger partial charge in [-0.3, -0.25) is 0 Å². The first-order valence-electron chi connectivity index (χ1n) is 5.66. The van der Waals surface area contributed by atoms with Gasteiger partial charge >= 0.3 is 7.12 Å². The third kappa shape index (κ3) is 2.97. The van der Waals surface area contributed by atoms with E-state index in [1.54, 1.807) is 6.07 Å². The zero-order valence-electron chi connectivity index (χ0n) is 9.80. The number of anilines is 1. The summed E-state index contributed by atoms with van der Waals surface area (Å²) in [5, 5.41) is 18.2. The highest BCUT2D eigenvalue weighted by molar-refractivity contribution is 6.58. The number of hydrogen-bond acceptors (Lipinski definition) is 4. The van der Waals surface area contributed by atoms with Gasteiger partial charge in [-0.1, -0.05) is 0 Å². The highest BCUT2D eigenvalue weighted by Crippen LogP contribution is 2.16. The second-order valence-electron chi connectivity index (χ2n) is 4.41. The summed E-state index contributed by atoms with van der Waals surface area (Å²) in [7, 11) is 0.420. The maximum atomic E-state index is 13.4. The minimum Gasteiger partial charge on any atom is -0.423 e.